The Kier molecular flexibility index (Phi) is 3.16. The highest BCUT2D eigenvalue weighted by Crippen LogP contribution is 2.27. The van der Waals surface area contributed by atoms with Crippen molar-refractivity contribution >= 4 is 17.1 Å². The molecule has 0 heterocycles. The summed E-state index contributed by atoms with van der Waals surface area (Å²) in [6, 6.07) is 13.5. The Morgan fingerprint density at radius 2 is 1.83 bits per heavy atom. The molecule has 90 valence electrons. The summed E-state index contributed by atoms with van der Waals surface area (Å²) < 4.78 is 13.8. The Bertz CT molecular complexity index is 599. The summed E-state index contributed by atoms with van der Waals surface area (Å²) in [6.45, 7) is 0. The van der Waals surface area contributed by atoms with Crippen molar-refractivity contribution in [1.82, 2.24) is 0 Å². The maximum atomic E-state index is 13.8. The Morgan fingerprint density at radius 3 is 2.39 bits per heavy atom. The van der Waals surface area contributed by atoms with Gasteiger partial charge in [-0.2, -0.15) is 5.26 Å². The minimum absolute atomic E-state index is 0.373. The summed E-state index contributed by atoms with van der Waals surface area (Å²) in [4.78, 5) is 1.70. The first-order chi connectivity index (χ1) is 8.61. The third-order valence-corrected chi connectivity index (χ3v) is 2.72. The van der Waals surface area contributed by atoms with Crippen LogP contribution in [0.3, 0.4) is 0 Å². The van der Waals surface area contributed by atoms with Gasteiger partial charge in [0.1, 0.15) is 5.82 Å². The second-order valence-electron chi connectivity index (χ2n) is 3.93. The van der Waals surface area contributed by atoms with Crippen LogP contribution in [0.15, 0.2) is 42.5 Å². The van der Waals surface area contributed by atoms with Crippen LogP contribution >= 0.6 is 0 Å². The van der Waals surface area contributed by atoms with Gasteiger partial charge < -0.3 is 10.6 Å². The van der Waals surface area contributed by atoms with E-state index in [0.717, 1.165) is 5.69 Å². The third-order valence-electron chi connectivity index (χ3n) is 2.72. The fourth-order valence-corrected chi connectivity index (χ4v) is 1.69. The van der Waals surface area contributed by atoms with Gasteiger partial charge in [0.25, 0.3) is 0 Å². The summed E-state index contributed by atoms with van der Waals surface area (Å²) in [7, 11) is 1.76. The van der Waals surface area contributed by atoms with E-state index in [1.807, 2.05) is 6.07 Å². The molecule has 0 bridgehead atoms. The molecule has 0 aromatic heterocycles. The van der Waals surface area contributed by atoms with Crippen molar-refractivity contribution in [1.29, 1.82) is 5.26 Å². The lowest BCUT2D eigenvalue weighted by atomic mass is 10.2. The minimum Gasteiger partial charge on any atom is -0.399 e. The molecule has 4 heteroatoms. The molecule has 0 spiro atoms. The molecular formula is C14H12FN3. The van der Waals surface area contributed by atoms with E-state index in [4.69, 9.17) is 11.0 Å². The third kappa shape index (κ3) is 2.25. The van der Waals surface area contributed by atoms with Gasteiger partial charge in [-0.15, -0.1) is 0 Å². The van der Waals surface area contributed by atoms with E-state index in [0.29, 0.717) is 16.9 Å². The van der Waals surface area contributed by atoms with Crippen LogP contribution < -0.4 is 10.6 Å². The van der Waals surface area contributed by atoms with Crippen molar-refractivity contribution in [3.63, 3.8) is 0 Å². The van der Waals surface area contributed by atoms with Crippen LogP contribution in [0.4, 0.5) is 21.5 Å². The highest BCUT2D eigenvalue weighted by Gasteiger charge is 2.09. The highest BCUT2D eigenvalue weighted by molar-refractivity contribution is 5.65. The number of nitrogens with two attached hydrogens (primary N) is 1. The van der Waals surface area contributed by atoms with E-state index in [1.165, 1.54) is 6.07 Å². The molecule has 2 rings (SSSR count). The molecule has 0 saturated carbocycles. The highest BCUT2D eigenvalue weighted by atomic mass is 19.1. The van der Waals surface area contributed by atoms with E-state index < -0.39 is 0 Å². The SMILES string of the molecule is CN(c1ccc(C#N)cc1)c1ccc(N)cc1F. The maximum absolute atomic E-state index is 13.8. The average Bonchev–Trinajstić information content (AvgIpc) is 2.38. The number of halogens is 1. The van der Waals surface area contributed by atoms with E-state index in [9.17, 15) is 4.39 Å². The Morgan fingerprint density at radius 1 is 1.17 bits per heavy atom. The standard InChI is InChI=1S/C14H12FN3/c1-18(12-5-2-10(9-16)3-6-12)14-7-4-11(17)8-13(14)15/h2-8H,17H2,1H3. The predicted octanol–water partition coefficient (Wildman–Crippen LogP) is 3.05. The molecular weight excluding hydrogens is 229 g/mol. The smallest absolute Gasteiger partial charge is 0.148 e. The van der Waals surface area contributed by atoms with Gasteiger partial charge in [0.15, 0.2) is 0 Å². The van der Waals surface area contributed by atoms with Crippen molar-refractivity contribution in [2.45, 2.75) is 0 Å². The molecule has 0 fully saturated rings. The van der Waals surface area contributed by atoms with Crippen molar-refractivity contribution in [3.05, 3.63) is 53.8 Å². The second-order valence-corrected chi connectivity index (χ2v) is 3.93. The Balaban J connectivity index is 2.35. The van der Waals surface area contributed by atoms with Crippen LogP contribution in [0.1, 0.15) is 5.56 Å². The first-order valence-corrected chi connectivity index (χ1v) is 5.41. The zero-order valence-electron chi connectivity index (χ0n) is 9.89. The topological polar surface area (TPSA) is 53.0 Å². The molecule has 0 radical (unpaired) electrons. The number of nitriles is 1. The number of nitrogen functional groups attached to an aromatic ring is 1. The number of nitrogens with zero attached hydrogens (tertiary/aromatic N) is 2. The van der Waals surface area contributed by atoms with Gasteiger partial charge in [-0.25, -0.2) is 4.39 Å². The van der Waals surface area contributed by atoms with Gasteiger partial charge in [-0.3, -0.25) is 0 Å². The molecule has 0 amide bonds. The van der Waals surface area contributed by atoms with Crippen molar-refractivity contribution in [2.24, 2.45) is 0 Å². The molecule has 2 aromatic carbocycles. The lowest BCUT2D eigenvalue weighted by Crippen LogP contribution is -2.11. The van der Waals surface area contributed by atoms with Crippen molar-refractivity contribution in [2.75, 3.05) is 17.7 Å². The minimum atomic E-state index is -0.373. The van der Waals surface area contributed by atoms with E-state index >= 15 is 0 Å². The summed E-state index contributed by atoms with van der Waals surface area (Å²) in [5.74, 6) is -0.373. The molecule has 0 unspecified atom stereocenters. The van der Waals surface area contributed by atoms with Crippen LogP contribution in [0, 0.1) is 17.1 Å². The van der Waals surface area contributed by atoms with Crippen LogP contribution in [0.2, 0.25) is 0 Å². The summed E-state index contributed by atoms with van der Waals surface area (Å²) in [5.41, 5.74) is 7.72. The van der Waals surface area contributed by atoms with Gasteiger partial charge in [0.2, 0.25) is 0 Å². The predicted molar refractivity (Wildman–Crippen MR) is 70.0 cm³/mol. The van der Waals surface area contributed by atoms with Gasteiger partial charge in [0.05, 0.1) is 17.3 Å². The fraction of sp³-hybridized carbons (Fsp3) is 0.0714. The normalized spacial score (nSPS) is 9.83. The number of benzene rings is 2. The second kappa shape index (κ2) is 4.76. The zero-order chi connectivity index (χ0) is 13.1. The summed E-state index contributed by atoms with van der Waals surface area (Å²) >= 11 is 0. The first-order valence-electron chi connectivity index (χ1n) is 5.41. The average molecular weight is 241 g/mol. The molecule has 3 nitrogen and oxygen atoms in total. The number of hydrogen-bond acceptors (Lipinski definition) is 3. The molecule has 0 aliphatic rings. The Labute approximate surface area is 105 Å². The van der Waals surface area contributed by atoms with Gasteiger partial charge in [0, 0.05) is 18.4 Å². The van der Waals surface area contributed by atoms with E-state index in [1.54, 1.807) is 48.3 Å². The largest absolute Gasteiger partial charge is 0.399 e. The molecule has 0 aliphatic carbocycles. The van der Waals surface area contributed by atoms with Crippen LogP contribution in [0.25, 0.3) is 0 Å². The van der Waals surface area contributed by atoms with Gasteiger partial charge >= 0.3 is 0 Å². The molecule has 2 N–H and O–H groups in total. The van der Waals surface area contributed by atoms with Crippen molar-refractivity contribution < 1.29 is 4.39 Å². The van der Waals surface area contributed by atoms with Crippen LogP contribution in [-0.2, 0) is 0 Å². The molecule has 0 atom stereocenters. The molecule has 18 heavy (non-hydrogen) atoms. The molecule has 0 aliphatic heterocycles. The molecule has 0 saturated heterocycles. The summed E-state index contributed by atoms with van der Waals surface area (Å²) in [5, 5.41) is 8.72. The maximum Gasteiger partial charge on any atom is 0.148 e. The fourth-order valence-electron chi connectivity index (χ4n) is 1.69. The van der Waals surface area contributed by atoms with Crippen molar-refractivity contribution in [3.8, 4) is 6.07 Å². The molecule has 2 aromatic rings. The number of anilines is 3. The Hall–Kier alpha value is -2.54. The zero-order valence-corrected chi connectivity index (χ0v) is 9.89. The summed E-state index contributed by atoms with van der Waals surface area (Å²) in [6.07, 6.45) is 0. The van der Waals surface area contributed by atoms with Gasteiger partial charge in [-0.1, -0.05) is 0 Å². The number of hydrogen-bond donors (Lipinski definition) is 1. The monoisotopic (exact) mass is 241 g/mol. The quantitative estimate of drug-likeness (QED) is 0.822. The van der Waals surface area contributed by atoms with Gasteiger partial charge in [-0.05, 0) is 42.5 Å². The van der Waals surface area contributed by atoms with E-state index in [2.05, 4.69) is 0 Å². The first kappa shape index (κ1) is 11.9. The van der Waals surface area contributed by atoms with Crippen LogP contribution in [-0.4, -0.2) is 7.05 Å². The lowest BCUT2D eigenvalue weighted by Gasteiger charge is -2.20. The number of rotatable bonds is 2. The van der Waals surface area contributed by atoms with Crippen LogP contribution in [0.5, 0.6) is 0 Å². The lowest BCUT2D eigenvalue weighted by molar-refractivity contribution is 0.628. The van der Waals surface area contributed by atoms with E-state index in [-0.39, 0.29) is 5.82 Å².